The van der Waals surface area contributed by atoms with Crippen molar-refractivity contribution in [3.63, 3.8) is 0 Å². The second kappa shape index (κ2) is 15.6. The van der Waals surface area contributed by atoms with Crippen molar-refractivity contribution in [3.05, 3.63) is 52.1 Å². The Morgan fingerprint density at radius 2 is 1.97 bits per heavy atom. The zero-order valence-corrected chi connectivity index (χ0v) is 36.2. The summed E-state index contributed by atoms with van der Waals surface area (Å²) in [6.07, 6.45) is 5.82. The number of ether oxygens (including phenoxy) is 2. The topological polar surface area (TPSA) is 134 Å². The number of hydrazine groups is 1. The lowest BCUT2D eigenvalue weighted by Gasteiger charge is -2.35. The van der Waals surface area contributed by atoms with Crippen LogP contribution in [0.1, 0.15) is 82.7 Å². The molecular weight excluding hydrogens is 765 g/mol. The van der Waals surface area contributed by atoms with E-state index < -0.39 is 17.5 Å². The molecule has 4 fully saturated rings. The van der Waals surface area contributed by atoms with Gasteiger partial charge >= 0.3 is 5.97 Å². The summed E-state index contributed by atoms with van der Waals surface area (Å²) >= 11 is 1.50. The largest absolute Gasteiger partial charge is 0.464 e. The molecule has 4 aromatic rings. The number of rotatable bonds is 7. The van der Waals surface area contributed by atoms with Crippen molar-refractivity contribution < 1.29 is 23.9 Å². The second-order valence-electron chi connectivity index (χ2n) is 18.3. The molecule has 0 radical (unpaired) electrons. The molecule has 7 atom stereocenters. The number of benzene rings is 1. The van der Waals surface area contributed by atoms with E-state index in [9.17, 15) is 14.4 Å². The number of anilines is 1. The van der Waals surface area contributed by atoms with Gasteiger partial charge in [0, 0.05) is 90.5 Å². The summed E-state index contributed by atoms with van der Waals surface area (Å²) in [4.78, 5) is 56.5. The van der Waals surface area contributed by atoms with Crippen LogP contribution in [0.2, 0.25) is 0 Å². The molecule has 59 heavy (non-hydrogen) atoms. The Bertz CT molecular complexity index is 2290. The van der Waals surface area contributed by atoms with Crippen LogP contribution in [0.25, 0.3) is 33.4 Å². The summed E-state index contributed by atoms with van der Waals surface area (Å²) in [5.41, 5.74) is 11.0. The molecule has 6 heterocycles. The molecule has 0 unspecified atom stereocenters. The molecule has 6 bridgehead atoms. The fourth-order valence-corrected chi connectivity index (χ4v) is 10.5. The Balaban J connectivity index is 1.17. The Morgan fingerprint density at radius 1 is 1.15 bits per heavy atom. The molecule has 14 heteroatoms. The van der Waals surface area contributed by atoms with E-state index in [0.717, 1.165) is 87.8 Å². The van der Waals surface area contributed by atoms with Crippen molar-refractivity contribution in [1.82, 2.24) is 35.2 Å². The first-order chi connectivity index (χ1) is 28.3. The highest BCUT2D eigenvalue weighted by atomic mass is 32.1. The molecule has 3 aromatic heterocycles. The fourth-order valence-electron chi connectivity index (χ4n) is 9.62. The lowest BCUT2D eigenvalue weighted by atomic mass is 9.84. The monoisotopic (exact) mass is 822 g/mol. The molecule has 0 spiro atoms. The third-order valence-electron chi connectivity index (χ3n) is 13.4. The normalized spacial score (nSPS) is 27.5. The maximum absolute atomic E-state index is 14.1. The Labute approximate surface area is 350 Å². The third-order valence-corrected chi connectivity index (χ3v) is 14.3. The van der Waals surface area contributed by atoms with Gasteiger partial charge in [0.15, 0.2) is 0 Å². The average molecular weight is 823 g/mol. The van der Waals surface area contributed by atoms with Crippen LogP contribution in [0, 0.1) is 17.3 Å². The predicted octanol–water partition coefficient (Wildman–Crippen LogP) is 5.75. The molecule has 2 saturated carbocycles. The zero-order chi connectivity index (χ0) is 41.3. The molecule has 2 amide bonds. The number of nitrogens with one attached hydrogen (secondary N) is 2. The fraction of sp³-hybridized carbons (Fsp3) is 0.578. The van der Waals surface area contributed by atoms with Crippen molar-refractivity contribution in [3.8, 4) is 22.5 Å². The first-order valence-electron chi connectivity index (χ1n) is 21.5. The van der Waals surface area contributed by atoms with Gasteiger partial charge in [0.25, 0.3) is 5.91 Å². The predicted molar refractivity (Wildman–Crippen MR) is 229 cm³/mol. The van der Waals surface area contributed by atoms with E-state index >= 15 is 0 Å². The summed E-state index contributed by atoms with van der Waals surface area (Å²) in [7, 11) is 3.96. The highest BCUT2D eigenvalue weighted by Gasteiger charge is 2.48. The maximum atomic E-state index is 14.1. The quantitative estimate of drug-likeness (QED) is 0.222. The molecule has 9 rings (SSSR count). The minimum absolute atomic E-state index is 0.0891. The van der Waals surface area contributed by atoms with Crippen LogP contribution in [-0.2, 0) is 43.2 Å². The van der Waals surface area contributed by atoms with E-state index in [0.29, 0.717) is 43.8 Å². The van der Waals surface area contributed by atoms with Crippen LogP contribution in [-0.4, -0.2) is 107 Å². The molecule has 2 N–H and O–H groups in total. The van der Waals surface area contributed by atoms with Gasteiger partial charge in [-0.3, -0.25) is 29.3 Å². The lowest BCUT2D eigenvalue weighted by molar-refractivity contribution is -0.155. The van der Waals surface area contributed by atoms with Gasteiger partial charge in [-0.25, -0.2) is 10.4 Å². The van der Waals surface area contributed by atoms with Crippen LogP contribution in [0.5, 0.6) is 0 Å². The number of hydrogen-bond donors (Lipinski definition) is 2. The van der Waals surface area contributed by atoms with Crippen molar-refractivity contribution in [2.24, 2.45) is 17.3 Å². The second-order valence-corrected chi connectivity index (χ2v) is 19.3. The van der Waals surface area contributed by atoms with Crippen molar-refractivity contribution in [2.75, 3.05) is 45.3 Å². The first-order valence-corrected chi connectivity index (χ1v) is 22.4. The number of aryl methyl sites for hydroxylation is 1. The van der Waals surface area contributed by atoms with Gasteiger partial charge < -0.3 is 24.3 Å². The number of nitrogens with zero attached hydrogens (tertiary/aromatic N) is 6. The van der Waals surface area contributed by atoms with Crippen molar-refractivity contribution in [1.29, 1.82) is 0 Å². The molecule has 3 aliphatic heterocycles. The van der Waals surface area contributed by atoms with Gasteiger partial charge in [0.05, 0.1) is 46.7 Å². The molecular formula is C45H58N8O5S. The van der Waals surface area contributed by atoms with Crippen LogP contribution in [0.3, 0.4) is 0 Å². The molecule has 5 aliphatic rings. The maximum Gasteiger partial charge on any atom is 0.324 e. The summed E-state index contributed by atoms with van der Waals surface area (Å²) in [6, 6.07) is 8.47. The number of carbonyl (C=O) groups excluding carboxylic acids is 3. The van der Waals surface area contributed by atoms with Crippen LogP contribution >= 0.6 is 11.3 Å². The standard InChI is InChI=1S/C45H58N8O5S/c1-8-51-36-12-11-27-17-30(36)32(41(51)31-18-28(22-46-40(31)26(3)57-7)52-15-14-50(6)37-20-38(37)52)21-45(4,5)24-58-44(56)33-10-9-13-53(49-33)43(55)34(19-39-47-35(27)23-59-39)48-42(54)29-16-25(29)2/h11-12,17-18,22-23,25-26,29,33-34,37-38,49H,8-10,13-16,19-21,24H2,1-7H3,(H,48,54)/t25-,26-,29-,33-,34-,37+,38-/m0/s1. The molecule has 2 saturated heterocycles. The Morgan fingerprint density at radius 3 is 2.73 bits per heavy atom. The van der Waals surface area contributed by atoms with Gasteiger partial charge in [-0.15, -0.1) is 11.3 Å². The summed E-state index contributed by atoms with van der Waals surface area (Å²) in [6.45, 7) is 13.9. The van der Waals surface area contributed by atoms with E-state index in [-0.39, 0.29) is 42.8 Å². The minimum atomic E-state index is -0.825. The van der Waals surface area contributed by atoms with E-state index in [1.54, 1.807) is 7.11 Å². The highest BCUT2D eigenvalue weighted by molar-refractivity contribution is 7.10. The highest BCUT2D eigenvalue weighted by Crippen LogP contribution is 2.45. The number of amides is 2. The number of carbonyl (C=O) groups is 3. The van der Waals surface area contributed by atoms with Crippen LogP contribution in [0.4, 0.5) is 5.69 Å². The van der Waals surface area contributed by atoms with Gasteiger partial charge in [-0.1, -0.05) is 26.8 Å². The number of thiazole rings is 1. The Kier molecular flexibility index (Phi) is 10.6. The summed E-state index contributed by atoms with van der Waals surface area (Å²) in [5.74, 6) is -0.553. The smallest absolute Gasteiger partial charge is 0.324 e. The number of aromatic nitrogens is 3. The number of hydrogen-bond acceptors (Lipinski definition) is 11. The Hall–Kier alpha value is -4.37. The number of piperazine rings is 1. The van der Waals surface area contributed by atoms with Gasteiger partial charge in [-0.05, 0) is 82.7 Å². The van der Waals surface area contributed by atoms with E-state index in [4.69, 9.17) is 19.4 Å². The molecule has 314 valence electrons. The molecule has 2 aliphatic carbocycles. The van der Waals surface area contributed by atoms with E-state index in [2.05, 4.69) is 91.0 Å². The van der Waals surface area contributed by atoms with Gasteiger partial charge in [0.1, 0.15) is 12.1 Å². The van der Waals surface area contributed by atoms with Crippen LogP contribution < -0.4 is 15.6 Å². The number of methoxy groups -OCH3 is 1. The number of pyridine rings is 1. The number of cyclic esters (lactones) is 1. The average Bonchev–Trinajstić information content (AvgIpc) is 4.12. The molecule has 1 aromatic carbocycles. The lowest BCUT2D eigenvalue weighted by Crippen LogP contribution is -2.60. The third kappa shape index (κ3) is 7.66. The number of fused-ring (bicyclic) bond motifs is 7. The SMILES string of the molecule is CCn1c(-c2cc(N3CCN(C)[C@@H]4C[C@@H]43)cnc2[C@H](C)OC)c2c3cc(ccc31)-c1csc(n1)C[C@H](NC(=O)[C@H]1C[C@@H]1C)C(=O)N1CCC[C@H](N1)C(=O)OCC(C)(C)C2. The van der Waals surface area contributed by atoms with Gasteiger partial charge in [0.2, 0.25) is 5.91 Å². The summed E-state index contributed by atoms with van der Waals surface area (Å²) < 4.78 is 14.5. The summed E-state index contributed by atoms with van der Waals surface area (Å²) in [5, 5.41) is 8.49. The minimum Gasteiger partial charge on any atom is -0.464 e. The first kappa shape index (κ1) is 40.1. The van der Waals surface area contributed by atoms with Crippen LogP contribution in [0.15, 0.2) is 35.8 Å². The van der Waals surface area contributed by atoms with E-state index in [1.165, 1.54) is 16.3 Å². The number of esters is 1. The molecule has 13 nitrogen and oxygen atoms in total. The zero-order valence-electron chi connectivity index (χ0n) is 35.4. The van der Waals surface area contributed by atoms with Gasteiger partial charge in [-0.2, -0.15) is 0 Å². The number of likely N-dealkylation sites (N-methyl/N-ethyl adjacent to an activating group) is 1. The van der Waals surface area contributed by atoms with E-state index in [1.807, 2.05) is 11.6 Å². The van der Waals surface area contributed by atoms with Crippen molar-refractivity contribution >= 4 is 45.7 Å². The van der Waals surface area contributed by atoms with Crippen molar-refractivity contribution in [2.45, 2.75) is 110 Å².